The molecule has 0 atom stereocenters. The maximum atomic E-state index is 12.0. The number of hydrogen-bond donors (Lipinski definition) is 1. The molecule has 0 saturated heterocycles. The van der Waals surface area contributed by atoms with Gasteiger partial charge in [-0.15, -0.1) is 0 Å². The maximum absolute atomic E-state index is 12.0. The summed E-state index contributed by atoms with van der Waals surface area (Å²) in [6.07, 6.45) is 5.18. The minimum absolute atomic E-state index is 0.0430. The van der Waals surface area contributed by atoms with Crippen LogP contribution in [0, 0.1) is 0 Å². The molecule has 0 heterocycles. The number of Topliss-reactive ketones (excluding diaryl/α,β-unsaturated/α-hetero) is 1. The molecule has 0 aliphatic heterocycles. The van der Waals surface area contributed by atoms with Gasteiger partial charge in [-0.2, -0.15) is 0 Å². The van der Waals surface area contributed by atoms with Crippen LogP contribution in [0.25, 0.3) is 0 Å². The normalized spacial score (nSPS) is 20.1. The van der Waals surface area contributed by atoms with E-state index in [-0.39, 0.29) is 23.7 Å². The fourth-order valence-electron chi connectivity index (χ4n) is 2.37. The Morgan fingerprint density at radius 3 is 2.29 bits per heavy atom. The van der Waals surface area contributed by atoms with Crippen LogP contribution in [0.1, 0.15) is 51.9 Å². The van der Waals surface area contributed by atoms with E-state index in [1.54, 1.807) is 0 Å². The number of ketones is 1. The minimum Gasteiger partial charge on any atom is -0.319 e. The number of nitrogens with two attached hydrogens (primary N) is 1. The van der Waals surface area contributed by atoms with Crippen LogP contribution in [-0.4, -0.2) is 31.2 Å². The Labute approximate surface area is 104 Å². The monoisotopic (exact) mass is 261 g/mol. The second-order valence-electron chi connectivity index (χ2n) is 5.04. The molecule has 0 unspecified atom stereocenters. The Balaban J connectivity index is 2.49. The fourth-order valence-corrected chi connectivity index (χ4v) is 3.69. The first kappa shape index (κ1) is 14.6. The zero-order valence-electron chi connectivity index (χ0n) is 10.6. The second kappa shape index (κ2) is 5.96. The summed E-state index contributed by atoms with van der Waals surface area (Å²) in [5.41, 5.74) is 5.31. The molecule has 5 heteroatoms. The SMILES string of the molecule is CCCS(=O)(=O)CCC(=O)C1(N)CCCCC1. The van der Waals surface area contributed by atoms with Crippen LogP contribution in [0.3, 0.4) is 0 Å². The molecule has 17 heavy (non-hydrogen) atoms. The van der Waals surface area contributed by atoms with Gasteiger partial charge in [-0.25, -0.2) is 8.42 Å². The lowest BCUT2D eigenvalue weighted by atomic mass is 9.79. The first-order chi connectivity index (χ1) is 7.90. The van der Waals surface area contributed by atoms with E-state index in [0.717, 1.165) is 19.3 Å². The summed E-state index contributed by atoms with van der Waals surface area (Å²) < 4.78 is 23.1. The zero-order valence-corrected chi connectivity index (χ0v) is 11.4. The van der Waals surface area contributed by atoms with Gasteiger partial charge in [0.1, 0.15) is 0 Å². The van der Waals surface area contributed by atoms with Crippen molar-refractivity contribution in [1.29, 1.82) is 0 Å². The highest BCUT2D eigenvalue weighted by atomic mass is 32.2. The van der Waals surface area contributed by atoms with Gasteiger partial charge in [0.2, 0.25) is 0 Å². The molecule has 100 valence electrons. The van der Waals surface area contributed by atoms with Gasteiger partial charge < -0.3 is 5.73 Å². The van der Waals surface area contributed by atoms with Crippen LogP contribution in [-0.2, 0) is 14.6 Å². The fraction of sp³-hybridized carbons (Fsp3) is 0.917. The Morgan fingerprint density at radius 1 is 1.18 bits per heavy atom. The number of hydrogen-bond acceptors (Lipinski definition) is 4. The number of carbonyl (C=O) groups excluding carboxylic acids is 1. The van der Waals surface area contributed by atoms with Gasteiger partial charge >= 0.3 is 0 Å². The molecule has 1 aliphatic carbocycles. The first-order valence-corrected chi connectivity index (χ1v) is 8.24. The molecule has 1 saturated carbocycles. The Kier molecular flexibility index (Phi) is 5.13. The third-order valence-corrected chi connectivity index (χ3v) is 5.31. The van der Waals surface area contributed by atoms with E-state index in [9.17, 15) is 13.2 Å². The molecule has 4 nitrogen and oxygen atoms in total. The molecular weight excluding hydrogens is 238 g/mol. The van der Waals surface area contributed by atoms with Gasteiger partial charge in [0.15, 0.2) is 15.6 Å². The van der Waals surface area contributed by atoms with Gasteiger partial charge in [-0.3, -0.25) is 4.79 Å². The predicted octanol–water partition coefficient (Wildman–Crippen LogP) is 1.43. The molecule has 0 aromatic rings. The largest absolute Gasteiger partial charge is 0.319 e. The highest BCUT2D eigenvalue weighted by molar-refractivity contribution is 7.91. The first-order valence-electron chi connectivity index (χ1n) is 6.42. The average Bonchev–Trinajstić information content (AvgIpc) is 2.27. The summed E-state index contributed by atoms with van der Waals surface area (Å²) in [6.45, 7) is 1.82. The summed E-state index contributed by atoms with van der Waals surface area (Å²) in [5.74, 6) is 0.0492. The summed E-state index contributed by atoms with van der Waals surface area (Å²) in [6, 6.07) is 0. The molecule has 0 radical (unpaired) electrons. The predicted molar refractivity (Wildman–Crippen MR) is 68.6 cm³/mol. The van der Waals surface area contributed by atoms with Crippen molar-refractivity contribution < 1.29 is 13.2 Å². The van der Waals surface area contributed by atoms with Crippen LogP contribution >= 0.6 is 0 Å². The molecule has 1 aliphatic rings. The van der Waals surface area contributed by atoms with Crippen LogP contribution in [0.15, 0.2) is 0 Å². The molecule has 2 N–H and O–H groups in total. The quantitative estimate of drug-likeness (QED) is 0.784. The van der Waals surface area contributed by atoms with Crippen molar-refractivity contribution >= 4 is 15.6 Å². The van der Waals surface area contributed by atoms with Gasteiger partial charge in [-0.05, 0) is 19.3 Å². The van der Waals surface area contributed by atoms with E-state index < -0.39 is 15.4 Å². The summed E-state index contributed by atoms with van der Waals surface area (Å²) in [4.78, 5) is 12.0. The summed E-state index contributed by atoms with van der Waals surface area (Å²) >= 11 is 0. The molecule has 1 fully saturated rings. The van der Waals surface area contributed by atoms with Crippen LogP contribution < -0.4 is 5.73 Å². The topological polar surface area (TPSA) is 77.2 Å². The van der Waals surface area contributed by atoms with Crippen molar-refractivity contribution in [3.05, 3.63) is 0 Å². The van der Waals surface area contributed by atoms with Gasteiger partial charge in [-0.1, -0.05) is 26.2 Å². The van der Waals surface area contributed by atoms with Crippen molar-refractivity contribution in [2.45, 2.75) is 57.4 Å². The van der Waals surface area contributed by atoms with E-state index >= 15 is 0 Å². The standard InChI is InChI=1S/C12H23NO3S/c1-2-9-17(15,16)10-6-11(14)12(13)7-4-3-5-8-12/h2-10,13H2,1H3. The molecule has 0 spiro atoms. The number of sulfone groups is 1. The number of carbonyl (C=O) groups is 1. The Hall–Kier alpha value is -0.420. The highest BCUT2D eigenvalue weighted by Crippen LogP contribution is 2.27. The van der Waals surface area contributed by atoms with Crippen LogP contribution in [0.5, 0.6) is 0 Å². The minimum atomic E-state index is -3.07. The van der Waals surface area contributed by atoms with E-state index in [1.807, 2.05) is 6.92 Å². The van der Waals surface area contributed by atoms with Crippen molar-refractivity contribution in [2.24, 2.45) is 5.73 Å². The van der Waals surface area contributed by atoms with Crippen molar-refractivity contribution in [2.75, 3.05) is 11.5 Å². The van der Waals surface area contributed by atoms with Crippen molar-refractivity contribution in [3.8, 4) is 0 Å². The van der Waals surface area contributed by atoms with Gasteiger partial charge in [0, 0.05) is 12.2 Å². The molecular formula is C12H23NO3S. The second-order valence-corrected chi connectivity index (χ2v) is 7.35. The number of rotatable bonds is 6. The lowest BCUT2D eigenvalue weighted by molar-refractivity contribution is -0.124. The summed E-state index contributed by atoms with van der Waals surface area (Å²) in [7, 11) is -3.07. The Bertz CT molecular complexity index is 356. The zero-order chi connectivity index (χ0) is 12.9. The van der Waals surface area contributed by atoms with E-state index in [4.69, 9.17) is 5.73 Å². The maximum Gasteiger partial charge on any atom is 0.153 e. The molecule has 0 aromatic heterocycles. The van der Waals surface area contributed by atoms with E-state index in [0.29, 0.717) is 19.3 Å². The average molecular weight is 261 g/mol. The third kappa shape index (κ3) is 4.39. The lowest BCUT2D eigenvalue weighted by Gasteiger charge is -2.31. The molecule has 0 aromatic carbocycles. The Morgan fingerprint density at radius 2 is 1.76 bits per heavy atom. The van der Waals surface area contributed by atoms with E-state index in [1.165, 1.54) is 0 Å². The highest BCUT2D eigenvalue weighted by Gasteiger charge is 2.34. The molecule has 0 bridgehead atoms. The summed E-state index contributed by atoms with van der Waals surface area (Å²) in [5, 5.41) is 0. The smallest absolute Gasteiger partial charge is 0.153 e. The van der Waals surface area contributed by atoms with Crippen molar-refractivity contribution in [3.63, 3.8) is 0 Å². The molecule has 1 rings (SSSR count). The third-order valence-electron chi connectivity index (χ3n) is 3.46. The van der Waals surface area contributed by atoms with Gasteiger partial charge in [0.25, 0.3) is 0 Å². The van der Waals surface area contributed by atoms with Crippen LogP contribution in [0.4, 0.5) is 0 Å². The lowest BCUT2D eigenvalue weighted by Crippen LogP contribution is -2.49. The van der Waals surface area contributed by atoms with E-state index in [2.05, 4.69) is 0 Å². The van der Waals surface area contributed by atoms with Crippen molar-refractivity contribution in [1.82, 2.24) is 0 Å². The molecule has 0 amide bonds. The van der Waals surface area contributed by atoms with Gasteiger partial charge in [0.05, 0.1) is 11.3 Å². The van der Waals surface area contributed by atoms with Crippen LogP contribution in [0.2, 0.25) is 0 Å².